The van der Waals surface area contributed by atoms with Gasteiger partial charge in [-0.3, -0.25) is 19.4 Å². The Labute approximate surface area is 136 Å². The second kappa shape index (κ2) is 4.66. The maximum Gasteiger partial charge on any atom is 0.243 e. The fourth-order valence-corrected chi connectivity index (χ4v) is 6.07. The molecule has 0 aromatic carbocycles. The standard InChI is InChI=1S/C12H12N2O2S4/c15-9-7(19-11(17)13(9)5-1-2-5)8-10(16)14(6-3-4-6)12(18)20-8/h5-8H,1-4H2. The van der Waals surface area contributed by atoms with E-state index in [9.17, 15) is 9.59 Å². The third-order valence-corrected chi connectivity index (χ3v) is 7.30. The monoisotopic (exact) mass is 344 g/mol. The molecule has 0 aromatic rings. The van der Waals surface area contributed by atoms with Crippen LogP contribution in [0.3, 0.4) is 0 Å². The smallest absolute Gasteiger partial charge is 0.243 e. The Kier molecular flexibility index (Phi) is 3.14. The third-order valence-electron chi connectivity index (χ3n) is 3.91. The molecule has 2 heterocycles. The molecule has 2 atom stereocenters. The van der Waals surface area contributed by atoms with Crippen LogP contribution >= 0.6 is 48.0 Å². The summed E-state index contributed by atoms with van der Waals surface area (Å²) in [6, 6.07) is 0.556. The van der Waals surface area contributed by atoms with Gasteiger partial charge in [-0.25, -0.2) is 0 Å². The van der Waals surface area contributed by atoms with Gasteiger partial charge in [0.1, 0.15) is 19.1 Å². The van der Waals surface area contributed by atoms with Crippen LogP contribution in [0, 0.1) is 0 Å². The second-order valence-corrected chi connectivity index (χ2v) is 9.04. The van der Waals surface area contributed by atoms with Crippen molar-refractivity contribution < 1.29 is 9.59 Å². The van der Waals surface area contributed by atoms with Gasteiger partial charge in [0, 0.05) is 12.1 Å². The van der Waals surface area contributed by atoms with Gasteiger partial charge in [0.2, 0.25) is 11.8 Å². The molecule has 2 saturated heterocycles. The normalized spacial score (nSPS) is 34.6. The minimum atomic E-state index is -0.387. The Balaban J connectivity index is 1.56. The summed E-state index contributed by atoms with van der Waals surface area (Å²) in [5.74, 6) is 0.0163. The lowest BCUT2D eigenvalue weighted by molar-refractivity contribution is -0.131. The van der Waals surface area contributed by atoms with Crippen molar-refractivity contribution in [3.8, 4) is 0 Å². The average molecular weight is 345 g/mol. The first-order valence-corrected chi connectivity index (χ1v) is 9.23. The lowest BCUT2D eigenvalue weighted by atomic mass is 10.2. The van der Waals surface area contributed by atoms with Crippen molar-refractivity contribution in [2.75, 3.05) is 0 Å². The van der Waals surface area contributed by atoms with Crippen LogP contribution < -0.4 is 0 Å². The predicted molar refractivity (Wildman–Crippen MR) is 87.7 cm³/mol. The summed E-state index contributed by atoms with van der Waals surface area (Å²) in [6.45, 7) is 0. The number of hydrogen-bond donors (Lipinski definition) is 0. The summed E-state index contributed by atoms with van der Waals surface area (Å²) >= 11 is 13.4. The van der Waals surface area contributed by atoms with Crippen molar-refractivity contribution in [2.24, 2.45) is 0 Å². The minimum absolute atomic E-state index is 0.00815. The van der Waals surface area contributed by atoms with Gasteiger partial charge >= 0.3 is 0 Å². The molecule has 0 bridgehead atoms. The number of thiocarbonyl (C=S) groups is 2. The molecule has 0 aromatic heterocycles. The Morgan fingerprint density at radius 1 is 0.800 bits per heavy atom. The molecule has 4 fully saturated rings. The van der Waals surface area contributed by atoms with Crippen LogP contribution in [0.2, 0.25) is 0 Å². The molecular weight excluding hydrogens is 332 g/mol. The third kappa shape index (κ3) is 2.03. The lowest BCUT2D eigenvalue weighted by Gasteiger charge is -2.17. The van der Waals surface area contributed by atoms with Crippen LogP contribution in [0.1, 0.15) is 25.7 Å². The molecule has 2 unspecified atom stereocenters. The summed E-state index contributed by atoms with van der Waals surface area (Å²) in [5.41, 5.74) is 0. The largest absolute Gasteiger partial charge is 0.294 e. The summed E-state index contributed by atoms with van der Waals surface area (Å²) in [4.78, 5) is 28.5. The Hall–Kier alpha value is -0.180. The molecule has 4 nitrogen and oxygen atoms in total. The van der Waals surface area contributed by atoms with E-state index in [2.05, 4.69) is 0 Å². The van der Waals surface area contributed by atoms with Crippen LogP contribution in [0.4, 0.5) is 0 Å². The molecule has 4 rings (SSSR count). The van der Waals surface area contributed by atoms with E-state index in [1.807, 2.05) is 0 Å². The van der Waals surface area contributed by atoms with Crippen LogP contribution in [-0.4, -0.2) is 52.8 Å². The summed E-state index contributed by atoms with van der Waals surface area (Å²) < 4.78 is 1.26. The molecule has 8 heteroatoms. The van der Waals surface area contributed by atoms with Crippen molar-refractivity contribution >= 4 is 68.4 Å². The quantitative estimate of drug-likeness (QED) is 0.727. The van der Waals surface area contributed by atoms with Crippen molar-refractivity contribution in [3.05, 3.63) is 0 Å². The van der Waals surface area contributed by atoms with Crippen molar-refractivity contribution in [3.63, 3.8) is 0 Å². The van der Waals surface area contributed by atoms with E-state index in [-0.39, 0.29) is 34.4 Å². The minimum Gasteiger partial charge on any atom is -0.294 e. The molecule has 20 heavy (non-hydrogen) atoms. The first kappa shape index (κ1) is 13.5. The maximum atomic E-state index is 12.5. The molecule has 4 aliphatic rings. The zero-order chi connectivity index (χ0) is 14.0. The van der Waals surface area contributed by atoms with E-state index in [1.54, 1.807) is 9.80 Å². The number of rotatable bonds is 3. The van der Waals surface area contributed by atoms with Gasteiger partial charge in [-0.1, -0.05) is 48.0 Å². The molecule has 0 radical (unpaired) electrons. The number of thioether (sulfide) groups is 2. The summed E-state index contributed by atoms with van der Waals surface area (Å²) in [6.07, 6.45) is 4.10. The highest BCUT2D eigenvalue weighted by Crippen LogP contribution is 2.45. The van der Waals surface area contributed by atoms with Gasteiger partial charge in [-0.15, -0.1) is 0 Å². The van der Waals surface area contributed by atoms with E-state index in [4.69, 9.17) is 24.4 Å². The first-order valence-electron chi connectivity index (χ1n) is 6.65. The van der Waals surface area contributed by atoms with Crippen molar-refractivity contribution in [2.45, 2.75) is 48.3 Å². The second-order valence-electron chi connectivity index (χ2n) is 5.49. The van der Waals surface area contributed by atoms with Gasteiger partial charge in [0.25, 0.3) is 0 Å². The molecule has 2 saturated carbocycles. The Morgan fingerprint density at radius 3 is 1.45 bits per heavy atom. The molecule has 106 valence electrons. The zero-order valence-corrected chi connectivity index (χ0v) is 13.7. The van der Waals surface area contributed by atoms with Crippen LogP contribution in [-0.2, 0) is 9.59 Å². The lowest BCUT2D eigenvalue weighted by Crippen LogP contribution is -2.41. The Bertz CT molecular complexity index is 496. The number of carbonyl (C=O) groups excluding carboxylic acids is 2. The fourth-order valence-electron chi connectivity index (χ4n) is 2.59. The van der Waals surface area contributed by atoms with E-state index >= 15 is 0 Å². The maximum absolute atomic E-state index is 12.5. The van der Waals surface area contributed by atoms with Gasteiger partial charge in [-0.2, -0.15) is 0 Å². The highest BCUT2D eigenvalue weighted by Gasteiger charge is 2.54. The van der Waals surface area contributed by atoms with Gasteiger partial charge < -0.3 is 0 Å². The zero-order valence-electron chi connectivity index (χ0n) is 10.5. The van der Waals surface area contributed by atoms with Crippen molar-refractivity contribution in [1.82, 2.24) is 9.80 Å². The fraction of sp³-hybridized carbons (Fsp3) is 0.667. The number of amides is 2. The predicted octanol–water partition coefficient (Wildman–Crippen LogP) is 1.77. The SMILES string of the molecule is O=C1C(C2SC(=S)N(C3CC3)C2=O)SC(=S)N1C1CC1. The summed E-state index contributed by atoms with van der Waals surface area (Å²) in [5, 5.41) is -0.774. The topological polar surface area (TPSA) is 40.6 Å². The molecular formula is C12H12N2O2S4. The van der Waals surface area contributed by atoms with Crippen LogP contribution in [0.15, 0.2) is 0 Å². The highest BCUT2D eigenvalue weighted by atomic mass is 32.2. The molecule has 2 amide bonds. The van der Waals surface area contributed by atoms with E-state index in [1.165, 1.54) is 23.5 Å². The van der Waals surface area contributed by atoms with Crippen LogP contribution in [0.25, 0.3) is 0 Å². The molecule has 2 aliphatic carbocycles. The number of nitrogens with zero attached hydrogens (tertiary/aromatic N) is 2. The Morgan fingerprint density at radius 2 is 1.15 bits per heavy atom. The average Bonchev–Trinajstić information content (AvgIpc) is 3.28. The number of carbonyl (C=O) groups is 2. The van der Waals surface area contributed by atoms with Gasteiger partial charge in [0.05, 0.1) is 0 Å². The van der Waals surface area contributed by atoms with E-state index in [0.29, 0.717) is 8.64 Å². The van der Waals surface area contributed by atoms with Gasteiger partial charge in [-0.05, 0) is 25.7 Å². The molecule has 0 spiro atoms. The van der Waals surface area contributed by atoms with Crippen molar-refractivity contribution in [1.29, 1.82) is 0 Å². The highest BCUT2D eigenvalue weighted by molar-refractivity contribution is 8.27. The number of hydrogen-bond acceptors (Lipinski definition) is 6. The first-order chi connectivity index (χ1) is 9.58. The van der Waals surface area contributed by atoms with E-state index < -0.39 is 0 Å². The summed E-state index contributed by atoms with van der Waals surface area (Å²) in [7, 11) is 0. The van der Waals surface area contributed by atoms with Gasteiger partial charge in [0.15, 0.2) is 0 Å². The van der Waals surface area contributed by atoms with Crippen LogP contribution in [0.5, 0.6) is 0 Å². The molecule has 0 N–H and O–H groups in total. The molecule has 2 aliphatic heterocycles. The van der Waals surface area contributed by atoms with E-state index in [0.717, 1.165) is 25.7 Å².